The van der Waals surface area contributed by atoms with Gasteiger partial charge in [0, 0.05) is 4.47 Å². The second-order valence-electron chi connectivity index (χ2n) is 3.53. The maximum Gasteiger partial charge on any atom is 0.0800 e. The molecule has 0 amide bonds. The van der Waals surface area contributed by atoms with E-state index in [-0.39, 0.29) is 6.10 Å². The summed E-state index contributed by atoms with van der Waals surface area (Å²) in [6.45, 7) is 2.17. The van der Waals surface area contributed by atoms with E-state index < -0.39 is 0 Å². The highest BCUT2D eigenvalue weighted by atomic mass is 79.9. The molecule has 2 heteroatoms. The van der Waals surface area contributed by atoms with E-state index in [0.717, 1.165) is 22.9 Å². The fraction of sp³-hybridized carbons (Fsp3) is 0.500. The summed E-state index contributed by atoms with van der Waals surface area (Å²) >= 11 is 3.45. The third-order valence-corrected chi connectivity index (χ3v) is 3.07. The Morgan fingerprint density at radius 2 is 2.00 bits per heavy atom. The average Bonchev–Trinajstić information content (AvgIpc) is 2.18. The SMILES string of the molecule is CCCCCC(O)c1ccccc1Br. The van der Waals surface area contributed by atoms with Crippen LogP contribution in [0.25, 0.3) is 0 Å². The minimum Gasteiger partial charge on any atom is -0.388 e. The standard InChI is InChI=1S/C12H17BrO/c1-2-3-4-9-12(14)10-7-5-6-8-11(10)13/h5-8,12,14H,2-4,9H2,1H3. The minimum absolute atomic E-state index is 0.322. The summed E-state index contributed by atoms with van der Waals surface area (Å²) in [4.78, 5) is 0. The van der Waals surface area contributed by atoms with E-state index in [9.17, 15) is 5.11 Å². The normalized spacial score (nSPS) is 12.8. The van der Waals surface area contributed by atoms with Gasteiger partial charge in [-0.3, -0.25) is 0 Å². The van der Waals surface area contributed by atoms with Crippen molar-refractivity contribution >= 4 is 15.9 Å². The highest BCUT2D eigenvalue weighted by Crippen LogP contribution is 2.26. The number of halogens is 1. The summed E-state index contributed by atoms with van der Waals surface area (Å²) in [5.41, 5.74) is 1.00. The third kappa shape index (κ3) is 3.43. The van der Waals surface area contributed by atoms with Gasteiger partial charge < -0.3 is 5.11 Å². The molecule has 0 bridgehead atoms. The number of aliphatic hydroxyl groups is 1. The molecular formula is C12H17BrO. The molecule has 0 aliphatic heterocycles. The van der Waals surface area contributed by atoms with Crippen LogP contribution in [0.5, 0.6) is 0 Å². The van der Waals surface area contributed by atoms with E-state index in [1.54, 1.807) is 0 Å². The average molecular weight is 257 g/mol. The molecule has 78 valence electrons. The molecule has 0 aromatic heterocycles. The molecule has 0 saturated heterocycles. The van der Waals surface area contributed by atoms with Crippen LogP contribution >= 0.6 is 15.9 Å². The zero-order chi connectivity index (χ0) is 10.4. The number of hydrogen-bond donors (Lipinski definition) is 1. The van der Waals surface area contributed by atoms with Gasteiger partial charge in [-0.15, -0.1) is 0 Å². The number of benzene rings is 1. The first-order valence-corrected chi connectivity index (χ1v) is 5.97. The monoisotopic (exact) mass is 256 g/mol. The van der Waals surface area contributed by atoms with Gasteiger partial charge in [0.1, 0.15) is 0 Å². The van der Waals surface area contributed by atoms with Crippen molar-refractivity contribution in [1.29, 1.82) is 0 Å². The van der Waals surface area contributed by atoms with Gasteiger partial charge in [-0.1, -0.05) is 60.3 Å². The second kappa shape index (κ2) is 6.20. The van der Waals surface area contributed by atoms with Gasteiger partial charge in [0.15, 0.2) is 0 Å². The zero-order valence-electron chi connectivity index (χ0n) is 8.54. The molecule has 1 nitrogen and oxygen atoms in total. The number of rotatable bonds is 5. The Bertz CT molecular complexity index is 273. The molecule has 0 heterocycles. The molecule has 0 spiro atoms. The van der Waals surface area contributed by atoms with E-state index in [1.165, 1.54) is 12.8 Å². The topological polar surface area (TPSA) is 20.2 Å². The molecule has 0 radical (unpaired) electrons. The summed E-state index contributed by atoms with van der Waals surface area (Å²) in [5.74, 6) is 0. The first kappa shape index (κ1) is 11.7. The lowest BCUT2D eigenvalue weighted by Crippen LogP contribution is -1.98. The number of hydrogen-bond acceptors (Lipinski definition) is 1. The lowest BCUT2D eigenvalue weighted by molar-refractivity contribution is 0.163. The van der Waals surface area contributed by atoms with Crippen molar-refractivity contribution in [2.45, 2.75) is 38.7 Å². The second-order valence-corrected chi connectivity index (χ2v) is 4.39. The summed E-state index contributed by atoms with van der Waals surface area (Å²) < 4.78 is 1.00. The molecule has 1 unspecified atom stereocenters. The summed E-state index contributed by atoms with van der Waals surface area (Å²) in [5, 5.41) is 9.90. The van der Waals surface area contributed by atoms with Gasteiger partial charge in [-0.2, -0.15) is 0 Å². The van der Waals surface area contributed by atoms with Crippen LogP contribution < -0.4 is 0 Å². The van der Waals surface area contributed by atoms with E-state index in [1.807, 2.05) is 24.3 Å². The summed E-state index contributed by atoms with van der Waals surface area (Å²) in [6.07, 6.45) is 4.02. The van der Waals surface area contributed by atoms with Gasteiger partial charge in [-0.25, -0.2) is 0 Å². The van der Waals surface area contributed by atoms with Gasteiger partial charge in [0.25, 0.3) is 0 Å². The van der Waals surface area contributed by atoms with Gasteiger partial charge in [0.05, 0.1) is 6.10 Å². The molecule has 0 fully saturated rings. The van der Waals surface area contributed by atoms with Crippen LogP contribution in [0, 0.1) is 0 Å². The van der Waals surface area contributed by atoms with Crippen LogP contribution in [0.15, 0.2) is 28.7 Å². The maximum absolute atomic E-state index is 9.90. The van der Waals surface area contributed by atoms with Crippen molar-refractivity contribution < 1.29 is 5.11 Å². The van der Waals surface area contributed by atoms with E-state index in [0.29, 0.717) is 0 Å². The summed E-state index contributed by atoms with van der Waals surface area (Å²) in [6, 6.07) is 7.87. The van der Waals surface area contributed by atoms with Crippen LogP contribution in [0.4, 0.5) is 0 Å². The van der Waals surface area contributed by atoms with Gasteiger partial charge in [0.2, 0.25) is 0 Å². The Morgan fingerprint density at radius 3 is 2.64 bits per heavy atom. The van der Waals surface area contributed by atoms with Crippen LogP contribution in [-0.4, -0.2) is 5.11 Å². The molecule has 14 heavy (non-hydrogen) atoms. The number of unbranched alkanes of at least 4 members (excludes halogenated alkanes) is 2. The molecule has 1 rings (SSSR count). The fourth-order valence-electron chi connectivity index (χ4n) is 1.49. The molecule has 1 aromatic carbocycles. The van der Waals surface area contributed by atoms with Crippen molar-refractivity contribution in [3.63, 3.8) is 0 Å². The Labute approximate surface area is 94.3 Å². The zero-order valence-corrected chi connectivity index (χ0v) is 10.1. The van der Waals surface area contributed by atoms with Gasteiger partial charge in [-0.05, 0) is 18.1 Å². The highest BCUT2D eigenvalue weighted by molar-refractivity contribution is 9.10. The van der Waals surface area contributed by atoms with Crippen molar-refractivity contribution in [1.82, 2.24) is 0 Å². The Balaban J connectivity index is 2.51. The van der Waals surface area contributed by atoms with E-state index >= 15 is 0 Å². The first-order valence-electron chi connectivity index (χ1n) is 5.18. The van der Waals surface area contributed by atoms with Gasteiger partial charge >= 0.3 is 0 Å². The van der Waals surface area contributed by atoms with Crippen molar-refractivity contribution in [2.75, 3.05) is 0 Å². The summed E-state index contributed by atoms with van der Waals surface area (Å²) in [7, 11) is 0. The van der Waals surface area contributed by atoms with Crippen LogP contribution in [0.3, 0.4) is 0 Å². The predicted octanol–water partition coefficient (Wildman–Crippen LogP) is 4.06. The van der Waals surface area contributed by atoms with Crippen molar-refractivity contribution in [2.24, 2.45) is 0 Å². The quantitative estimate of drug-likeness (QED) is 0.788. The lowest BCUT2D eigenvalue weighted by atomic mass is 10.0. The fourth-order valence-corrected chi connectivity index (χ4v) is 2.04. The lowest BCUT2D eigenvalue weighted by Gasteiger charge is -2.12. The Kier molecular flexibility index (Phi) is 5.20. The molecule has 1 N–H and O–H groups in total. The molecule has 0 aliphatic rings. The highest BCUT2D eigenvalue weighted by Gasteiger charge is 2.09. The number of aliphatic hydroxyl groups excluding tert-OH is 1. The van der Waals surface area contributed by atoms with Crippen LogP contribution in [0.2, 0.25) is 0 Å². The molecular weight excluding hydrogens is 240 g/mol. The van der Waals surface area contributed by atoms with E-state index in [4.69, 9.17) is 0 Å². The predicted molar refractivity (Wildman–Crippen MR) is 63.2 cm³/mol. The Hall–Kier alpha value is -0.340. The first-order chi connectivity index (χ1) is 6.75. The minimum atomic E-state index is -0.322. The molecule has 0 saturated carbocycles. The largest absolute Gasteiger partial charge is 0.388 e. The van der Waals surface area contributed by atoms with Crippen molar-refractivity contribution in [3.05, 3.63) is 34.3 Å². The molecule has 0 aliphatic carbocycles. The molecule has 1 atom stereocenters. The molecule has 1 aromatic rings. The smallest absolute Gasteiger partial charge is 0.0800 e. The van der Waals surface area contributed by atoms with E-state index in [2.05, 4.69) is 22.9 Å². The maximum atomic E-state index is 9.90. The van der Waals surface area contributed by atoms with Crippen LogP contribution in [-0.2, 0) is 0 Å². The van der Waals surface area contributed by atoms with Crippen LogP contribution in [0.1, 0.15) is 44.3 Å². The third-order valence-electron chi connectivity index (χ3n) is 2.35. The van der Waals surface area contributed by atoms with Crippen molar-refractivity contribution in [3.8, 4) is 0 Å². The Morgan fingerprint density at radius 1 is 1.29 bits per heavy atom.